The number of hydrogen-bond donors (Lipinski definition) is 1. The first-order chi connectivity index (χ1) is 7.72. The van der Waals surface area contributed by atoms with Gasteiger partial charge in [-0.1, -0.05) is 12.1 Å². The maximum Gasteiger partial charge on any atom is 0.412 e. The highest BCUT2D eigenvalue weighted by atomic mass is 16.6. The number of rotatable bonds is 2. The van der Waals surface area contributed by atoms with Gasteiger partial charge in [0.25, 0.3) is 0 Å². The summed E-state index contributed by atoms with van der Waals surface area (Å²) in [5.74, 6) is 0. The van der Waals surface area contributed by atoms with Gasteiger partial charge < -0.3 is 9.84 Å². The minimum Gasteiger partial charge on any atom is -0.447 e. The molecule has 1 aliphatic heterocycles. The minimum absolute atomic E-state index is 0.298. The van der Waals surface area contributed by atoms with Crippen LogP contribution in [0.1, 0.15) is 17.4 Å². The summed E-state index contributed by atoms with van der Waals surface area (Å²) in [5, 5.41) is 18.5. The molecular weight excluding hydrogens is 208 g/mol. The second kappa shape index (κ2) is 4.21. The Labute approximate surface area is 92.5 Å². The third-order valence-electron chi connectivity index (χ3n) is 2.43. The molecule has 0 spiro atoms. The fourth-order valence-electron chi connectivity index (χ4n) is 1.54. The molecule has 1 aromatic carbocycles. The molecule has 16 heavy (non-hydrogen) atoms. The average molecular weight is 218 g/mol. The van der Waals surface area contributed by atoms with Crippen molar-refractivity contribution in [2.75, 3.05) is 13.2 Å². The van der Waals surface area contributed by atoms with Gasteiger partial charge in [-0.3, -0.25) is 4.90 Å². The zero-order valence-corrected chi connectivity index (χ0v) is 8.46. The zero-order chi connectivity index (χ0) is 11.5. The van der Waals surface area contributed by atoms with Gasteiger partial charge in [0.15, 0.2) is 6.23 Å². The molecule has 0 aromatic heterocycles. The highest BCUT2D eigenvalue weighted by molar-refractivity contribution is 5.69. The molecule has 0 saturated carbocycles. The summed E-state index contributed by atoms with van der Waals surface area (Å²) >= 11 is 0. The fourth-order valence-corrected chi connectivity index (χ4v) is 1.54. The quantitative estimate of drug-likeness (QED) is 0.803. The molecule has 1 heterocycles. The molecule has 1 amide bonds. The smallest absolute Gasteiger partial charge is 0.412 e. The normalized spacial score (nSPS) is 16.8. The molecule has 5 heteroatoms. The van der Waals surface area contributed by atoms with Crippen molar-refractivity contribution in [2.45, 2.75) is 6.23 Å². The van der Waals surface area contributed by atoms with Crippen LogP contribution in [0.15, 0.2) is 24.3 Å². The van der Waals surface area contributed by atoms with Gasteiger partial charge in [0.1, 0.15) is 6.61 Å². The molecule has 0 unspecified atom stereocenters. The molecule has 0 radical (unpaired) electrons. The molecule has 1 fully saturated rings. The Kier molecular flexibility index (Phi) is 2.75. The summed E-state index contributed by atoms with van der Waals surface area (Å²) in [7, 11) is 0. The second-order valence-electron chi connectivity index (χ2n) is 3.42. The molecule has 0 aliphatic carbocycles. The van der Waals surface area contributed by atoms with E-state index in [1.165, 1.54) is 4.90 Å². The second-order valence-corrected chi connectivity index (χ2v) is 3.42. The maximum atomic E-state index is 11.2. The topological polar surface area (TPSA) is 73.6 Å². The first-order valence-corrected chi connectivity index (χ1v) is 4.84. The van der Waals surface area contributed by atoms with E-state index in [1.807, 2.05) is 6.07 Å². The first kappa shape index (κ1) is 10.5. The van der Waals surface area contributed by atoms with Crippen molar-refractivity contribution in [3.05, 3.63) is 35.4 Å². The van der Waals surface area contributed by atoms with Crippen molar-refractivity contribution in [1.29, 1.82) is 5.26 Å². The largest absolute Gasteiger partial charge is 0.447 e. The van der Waals surface area contributed by atoms with E-state index in [4.69, 9.17) is 10.00 Å². The third kappa shape index (κ3) is 1.83. The number of ether oxygens (including phenoxy) is 1. The summed E-state index contributed by atoms with van der Waals surface area (Å²) in [5.41, 5.74) is 1.08. The number of hydrogen-bond acceptors (Lipinski definition) is 4. The summed E-state index contributed by atoms with van der Waals surface area (Å²) in [6.45, 7) is 0.673. The van der Waals surface area contributed by atoms with Crippen molar-refractivity contribution in [1.82, 2.24) is 4.90 Å². The molecule has 82 valence electrons. The molecule has 1 aliphatic rings. The number of amides is 1. The molecule has 1 atom stereocenters. The van der Waals surface area contributed by atoms with Gasteiger partial charge in [-0.25, -0.2) is 4.79 Å². The molecule has 5 nitrogen and oxygen atoms in total. The van der Waals surface area contributed by atoms with Gasteiger partial charge >= 0.3 is 6.09 Å². The van der Waals surface area contributed by atoms with Crippen LogP contribution in [-0.4, -0.2) is 29.3 Å². The van der Waals surface area contributed by atoms with Crippen LogP contribution in [0.4, 0.5) is 4.79 Å². The lowest BCUT2D eigenvalue weighted by molar-refractivity contribution is 0.0364. The predicted octanol–water partition coefficient (Wildman–Crippen LogP) is 1.00. The number of carbonyl (C=O) groups is 1. The number of nitrogens with zero attached hydrogens (tertiary/aromatic N) is 2. The van der Waals surface area contributed by atoms with Crippen LogP contribution >= 0.6 is 0 Å². The van der Waals surface area contributed by atoms with Crippen LogP contribution in [0.3, 0.4) is 0 Å². The summed E-state index contributed by atoms with van der Waals surface area (Å²) in [6, 6.07) is 8.42. The Morgan fingerprint density at radius 1 is 1.44 bits per heavy atom. The number of benzene rings is 1. The van der Waals surface area contributed by atoms with E-state index >= 15 is 0 Å². The number of cyclic esters (lactones) is 1. The lowest BCUT2D eigenvalue weighted by Crippen LogP contribution is -2.29. The van der Waals surface area contributed by atoms with Crippen molar-refractivity contribution >= 4 is 6.09 Å². The maximum absolute atomic E-state index is 11.2. The van der Waals surface area contributed by atoms with Crippen molar-refractivity contribution < 1.29 is 14.6 Å². The van der Waals surface area contributed by atoms with Crippen LogP contribution in [0.25, 0.3) is 0 Å². The molecule has 2 rings (SSSR count). The zero-order valence-electron chi connectivity index (χ0n) is 8.46. The Balaban J connectivity index is 2.17. The van der Waals surface area contributed by atoms with Gasteiger partial charge in [-0.2, -0.15) is 5.26 Å². The van der Waals surface area contributed by atoms with E-state index in [2.05, 4.69) is 0 Å². The van der Waals surface area contributed by atoms with Gasteiger partial charge in [-0.05, 0) is 12.1 Å². The minimum atomic E-state index is -1.01. The van der Waals surface area contributed by atoms with Crippen LogP contribution in [0.5, 0.6) is 0 Å². The number of nitriles is 1. The Hall–Kier alpha value is -2.06. The Bertz CT molecular complexity index is 436. The fraction of sp³-hybridized carbons (Fsp3) is 0.273. The summed E-state index contributed by atoms with van der Waals surface area (Å²) < 4.78 is 4.73. The van der Waals surface area contributed by atoms with Crippen LogP contribution in [0, 0.1) is 11.3 Å². The molecule has 1 aromatic rings. The van der Waals surface area contributed by atoms with Crippen LogP contribution < -0.4 is 0 Å². The number of aliphatic hydroxyl groups is 1. The highest BCUT2D eigenvalue weighted by Gasteiger charge is 2.29. The predicted molar refractivity (Wildman–Crippen MR) is 54.2 cm³/mol. The van der Waals surface area contributed by atoms with E-state index in [1.54, 1.807) is 24.3 Å². The van der Waals surface area contributed by atoms with Gasteiger partial charge in [-0.15, -0.1) is 0 Å². The van der Waals surface area contributed by atoms with Gasteiger partial charge in [0.2, 0.25) is 0 Å². The van der Waals surface area contributed by atoms with E-state index in [9.17, 15) is 9.90 Å². The van der Waals surface area contributed by atoms with E-state index < -0.39 is 12.3 Å². The van der Waals surface area contributed by atoms with E-state index in [0.29, 0.717) is 24.3 Å². The van der Waals surface area contributed by atoms with Crippen molar-refractivity contribution in [3.8, 4) is 6.07 Å². The van der Waals surface area contributed by atoms with Crippen LogP contribution in [-0.2, 0) is 4.74 Å². The lowest BCUT2D eigenvalue weighted by Gasteiger charge is -2.20. The van der Waals surface area contributed by atoms with Crippen LogP contribution in [0.2, 0.25) is 0 Å². The SMILES string of the molecule is N#Cc1ccc([C@H](O)N2CCOC2=O)cc1. The van der Waals surface area contributed by atoms with E-state index in [0.717, 1.165) is 0 Å². The summed E-state index contributed by atoms with van der Waals surface area (Å²) in [4.78, 5) is 12.4. The standard InChI is InChI=1S/C11H10N2O3/c12-7-8-1-3-9(4-2-8)10(14)13-5-6-16-11(13)15/h1-4,10,14H,5-6H2/t10-/m0/s1. The first-order valence-electron chi connectivity index (χ1n) is 4.84. The molecule has 1 saturated heterocycles. The third-order valence-corrected chi connectivity index (χ3v) is 2.43. The highest BCUT2D eigenvalue weighted by Crippen LogP contribution is 2.21. The van der Waals surface area contributed by atoms with Gasteiger partial charge in [0.05, 0.1) is 18.2 Å². The number of aliphatic hydroxyl groups excluding tert-OH is 1. The van der Waals surface area contributed by atoms with Crippen molar-refractivity contribution in [3.63, 3.8) is 0 Å². The molecular formula is C11H10N2O3. The molecule has 1 N–H and O–H groups in total. The van der Waals surface area contributed by atoms with Gasteiger partial charge in [0, 0.05) is 5.56 Å². The number of carbonyl (C=O) groups excluding carboxylic acids is 1. The Morgan fingerprint density at radius 2 is 2.12 bits per heavy atom. The lowest BCUT2D eigenvalue weighted by atomic mass is 10.1. The Morgan fingerprint density at radius 3 is 2.62 bits per heavy atom. The average Bonchev–Trinajstić information content (AvgIpc) is 2.75. The summed E-state index contributed by atoms with van der Waals surface area (Å²) in [6.07, 6.45) is -1.53. The van der Waals surface area contributed by atoms with Crippen molar-refractivity contribution in [2.24, 2.45) is 0 Å². The molecule has 0 bridgehead atoms. The monoisotopic (exact) mass is 218 g/mol. The van der Waals surface area contributed by atoms with E-state index in [-0.39, 0.29) is 0 Å².